The van der Waals surface area contributed by atoms with Gasteiger partial charge in [-0.15, -0.1) is 0 Å². The molecule has 0 aromatic carbocycles. The quantitative estimate of drug-likeness (QED) is 0.791. The van der Waals surface area contributed by atoms with Crippen LogP contribution in [0.15, 0.2) is 12.3 Å². The second-order valence-corrected chi connectivity index (χ2v) is 4.49. The highest BCUT2D eigenvalue weighted by atomic mass is 15.2. The van der Waals surface area contributed by atoms with E-state index in [1.54, 1.807) is 6.20 Å². The van der Waals surface area contributed by atoms with E-state index in [-0.39, 0.29) is 0 Å². The van der Waals surface area contributed by atoms with E-state index in [4.69, 9.17) is 0 Å². The Bertz CT molecular complexity index is 283. The number of hydrogen-bond acceptors (Lipinski definition) is 3. The summed E-state index contributed by atoms with van der Waals surface area (Å²) in [6.45, 7) is 6.69. The molecule has 1 fully saturated rings. The molecule has 0 spiro atoms. The van der Waals surface area contributed by atoms with Gasteiger partial charge in [0.05, 0.1) is 0 Å². The van der Waals surface area contributed by atoms with Gasteiger partial charge in [-0.1, -0.05) is 13.3 Å². The average molecular weight is 222 g/mol. The number of likely N-dealkylation sites (tertiary alicyclic amines) is 1. The van der Waals surface area contributed by atoms with Crippen molar-refractivity contribution in [1.29, 1.82) is 0 Å². The van der Waals surface area contributed by atoms with Crippen molar-refractivity contribution in [2.24, 2.45) is 0 Å². The van der Waals surface area contributed by atoms with Crippen molar-refractivity contribution in [2.45, 2.75) is 38.8 Å². The second kappa shape index (κ2) is 6.01. The van der Waals surface area contributed by atoms with E-state index in [0.29, 0.717) is 0 Å². The van der Waals surface area contributed by atoms with Crippen LogP contribution in [-0.2, 0) is 6.54 Å². The first kappa shape index (κ1) is 11.6. The van der Waals surface area contributed by atoms with Crippen molar-refractivity contribution in [3.8, 4) is 0 Å². The van der Waals surface area contributed by atoms with Gasteiger partial charge < -0.3 is 5.32 Å². The number of aromatic amines is 1. The number of hydrogen-bond donors (Lipinski definition) is 2. The summed E-state index contributed by atoms with van der Waals surface area (Å²) in [6.07, 6.45) is 5.89. The predicted octanol–water partition coefficient (Wildman–Crippen LogP) is 1.37. The molecule has 0 aliphatic carbocycles. The molecule has 1 saturated heterocycles. The Morgan fingerprint density at radius 2 is 2.50 bits per heavy atom. The maximum atomic E-state index is 3.94. The highest BCUT2D eigenvalue weighted by Gasteiger charge is 2.19. The molecule has 4 heteroatoms. The summed E-state index contributed by atoms with van der Waals surface area (Å²) in [4.78, 5) is 2.59. The van der Waals surface area contributed by atoms with E-state index in [1.165, 1.54) is 38.0 Å². The van der Waals surface area contributed by atoms with Gasteiger partial charge >= 0.3 is 0 Å². The summed E-state index contributed by atoms with van der Waals surface area (Å²) in [5.74, 6) is 0. The van der Waals surface area contributed by atoms with Crippen LogP contribution in [0.25, 0.3) is 0 Å². The molecule has 1 unspecified atom stereocenters. The zero-order chi connectivity index (χ0) is 11.2. The minimum absolute atomic E-state index is 0.724. The maximum Gasteiger partial charge on any atom is 0.0490 e. The fraction of sp³-hybridized carbons (Fsp3) is 0.750. The third-order valence-corrected chi connectivity index (χ3v) is 3.41. The fourth-order valence-electron chi connectivity index (χ4n) is 2.46. The molecule has 2 rings (SSSR count). The molecule has 0 radical (unpaired) electrons. The Hall–Kier alpha value is -0.870. The van der Waals surface area contributed by atoms with Gasteiger partial charge in [0.1, 0.15) is 0 Å². The molecule has 2 heterocycles. The number of nitrogens with zero attached hydrogens (tertiary/aromatic N) is 2. The molecule has 1 aromatic rings. The van der Waals surface area contributed by atoms with Crippen LogP contribution in [0.4, 0.5) is 0 Å². The third-order valence-electron chi connectivity index (χ3n) is 3.41. The Kier molecular flexibility index (Phi) is 4.36. The molecule has 90 valence electrons. The van der Waals surface area contributed by atoms with Crippen LogP contribution in [-0.4, -0.2) is 40.8 Å². The monoisotopic (exact) mass is 222 g/mol. The van der Waals surface area contributed by atoms with Crippen molar-refractivity contribution in [3.05, 3.63) is 18.0 Å². The highest BCUT2D eigenvalue weighted by molar-refractivity contribution is 4.96. The molecule has 16 heavy (non-hydrogen) atoms. The molecule has 2 N–H and O–H groups in total. The Morgan fingerprint density at radius 1 is 1.56 bits per heavy atom. The third kappa shape index (κ3) is 3.06. The van der Waals surface area contributed by atoms with Crippen LogP contribution in [0.3, 0.4) is 0 Å². The van der Waals surface area contributed by atoms with Gasteiger partial charge in [0.25, 0.3) is 0 Å². The van der Waals surface area contributed by atoms with Gasteiger partial charge in [0.15, 0.2) is 0 Å². The zero-order valence-electron chi connectivity index (χ0n) is 10.1. The molecule has 0 amide bonds. The Morgan fingerprint density at radius 3 is 3.25 bits per heavy atom. The van der Waals surface area contributed by atoms with E-state index in [0.717, 1.165) is 19.1 Å². The van der Waals surface area contributed by atoms with Crippen molar-refractivity contribution >= 4 is 0 Å². The van der Waals surface area contributed by atoms with Crippen LogP contribution in [0.2, 0.25) is 0 Å². The molecular formula is C12H22N4. The Balaban J connectivity index is 1.71. The largest absolute Gasteiger partial charge is 0.310 e. The van der Waals surface area contributed by atoms with E-state index >= 15 is 0 Å². The lowest BCUT2D eigenvalue weighted by atomic mass is 10.0. The van der Waals surface area contributed by atoms with E-state index < -0.39 is 0 Å². The van der Waals surface area contributed by atoms with Crippen molar-refractivity contribution in [3.63, 3.8) is 0 Å². The van der Waals surface area contributed by atoms with Gasteiger partial charge in [0.2, 0.25) is 0 Å². The summed E-state index contributed by atoms with van der Waals surface area (Å²) in [5.41, 5.74) is 1.17. The number of aromatic nitrogens is 2. The first-order valence-electron chi connectivity index (χ1n) is 6.33. The first-order chi connectivity index (χ1) is 7.90. The summed E-state index contributed by atoms with van der Waals surface area (Å²) >= 11 is 0. The van der Waals surface area contributed by atoms with Crippen LogP contribution in [0.1, 0.15) is 31.9 Å². The number of H-pyrrole nitrogens is 1. The van der Waals surface area contributed by atoms with Crippen molar-refractivity contribution in [2.75, 3.05) is 19.6 Å². The number of nitrogens with one attached hydrogen (secondary N) is 2. The normalized spacial score (nSPS) is 22.4. The van der Waals surface area contributed by atoms with Gasteiger partial charge in [-0.3, -0.25) is 10.00 Å². The molecular weight excluding hydrogens is 200 g/mol. The molecule has 4 nitrogen and oxygen atoms in total. The van der Waals surface area contributed by atoms with Crippen molar-refractivity contribution in [1.82, 2.24) is 20.4 Å². The smallest absolute Gasteiger partial charge is 0.0490 e. The van der Waals surface area contributed by atoms with Crippen LogP contribution >= 0.6 is 0 Å². The van der Waals surface area contributed by atoms with Gasteiger partial charge in [-0.2, -0.15) is 5.10 Å². The summed E-state index contributed by atoms with van der Waals surface area (Å²) in [6, 6.07) is 2.74. The van der Waals surface area contributed by atoms with Crippen molar-refractivity contribution < 1.29 is 0 Å². The van der Waals surface area contributed by atoms with E-state index in [2.05, 4.69) is 27.3 Å². The van der Waals surface area contributed by atoms with Gasteiger partial charge in [0, 0.05) is 31.0 Å². The number of piperidine rings is 1. The Labute approximate surface area is 97.4 Å². The molecule has 0 saturated carbocycles. The number of likely N-dealkylation sites (N-methyl/N-ethyl adjacent to an activating group) is 1. The molecule has 1 aliphatic rings. The molecule has 1 aromatic heterocycles. The second-order valence-electron chi connectivity index (χ2n) is 4.49. The molecule has 1 aliphatic heterocycles. The summed E-state index contributed by atoms with van der Waals surface area (Å²) in [5, 5.41) is 10.4. The topological polar surface area (TPSA) is 44.0 Å². The highest BCUT2D eigenvalue weighted by Crippen LogP contribution is 2.15. The standard InChI is InChI=1S/C12H22N4/c1-2-16-8-4-3-5-12(16)10-13-9-11-6-7-14-15-11/h6-7,12-13H,2-5,8-10H2,1H3,(H,14,15). The van der Waals surface area contributed by atoms with E-state index in [9.17, 15) is 0 Å². The lowest BCUT2D eigenvalue weighted by Gasteiger charge is -2.35. The lowest BCUT2D eigenvalue weighted by Crippen LogP contribution is -2.45. The minimum atomic E-state index is 0.724. The lowest BCUT2D eigenvalue weighted by molar-refractivity contribution is 0.153. The van der Waals surface area contributed by atoms with Crippen LogP contribution < -0.4 is 5.32 Å². The molecule has 0 bridgehead atoms. The van der Waals surface area contributed by atoms with Gasteiger partial charge in [-0.05, 0) is 32.0 Å². The average Bonchev–Trinajstić information content (AvgIpc) is 2.83. The SMILES string of the molecule is CCN1CCCCC1CNCc1ccn[nH]1. The summed E-state index contributed by atoms with van der Waals surface area (Å²) in [7, 11) is 0. The maximum absolute atomic E-state index is 3.94. The minimum Gasteiger partial charge on any atom is -0.310 e. The zero-order valence-corrected chi connectivity index (χ0v) is 10.1. The summed E-state index contributed by atoms with van der Waals surface area (Å²) < 4.78 is 0. The van der Waals surface area contributed by atoms with Crippen LogP contribution in [0, 0.1) is 0 Å². The first-order valence-corrected chi connectivity index (χ1v) is 6.33. The van der Waals surface area contributed by atoms with Gasteiger partial charge in [-0.25, -0.2) is 0 Å². The predicted molar refractivity (Wildman–Crippen MR) is 65.2 cm³/mol. The molecule has 1 atom stereocenters. The van der Waals surface area contributed by atoms with Crippen LogP contribution in [0.5, 0.6) is 0 Å². The van der Waals surface area contributed by atoms with E-state index in [1.807, 2.05) is 6.07 Å². The number of rotatable bonds is 5. The fourth-order valence-corrected chi connectivity index (χ4v) is 2.46.